The average molecular weight is 318 g/mol. The van der Waals surface area contributed by atoms with Gasteiger partial charge >= 0.3 is 0 Å². The number of halogens is 2. The summed E-state index contributed by atoms with van der Waals surface area (Å²) in [4.78, 5) is 4.15. The van der Waals surface area contributed by atoms with Gasteiger partial charge < -0.3 is 0 Å². The topological polar surface area (TPSA) is 50.9 Å². The molecule has 0 aliphatic rings. The molecule has 0 saturated heterocycles. The van der Waals surface area contributed by atoms with E-state index in [-0.39, 0.29) is 6.04 Å². The van der Waals surface area contributed by atoms with Crippen molar-refractivity contribution < 1.29 is 0 Å². The van der Waals surface area contributed by atoms with E-state index < -0.39 is 0 Å². The van der Waals surface area contributed by atoms with E-state index in [1.165, 1.54) is 0 Å². The summed E-state index contributed by atoms with van der Waals surface area (Å²) >= 11 is 12.2. The van der Waals surface area contributed by atoms with Gasteiger partial charge in [-0.25, -0.2) is 5.43 Å². The summed E-state index contributed by atoms with van der Waals surface area (Å²) in [6.07, 6.45) is 3.60. The van der Waals surface area contributed by atoms with Crippen LogP contribution in [0.1, 0.15) is 17.2 Å². The molecule has 1 aromatic heterocycles. The van der Waals surface area contributed by atoms with Crippen molar-refractivity contribution in [2.24, 2.45) is 5.84 Å². The van der Waals surface area contributed by atoms with Crippen LogP contribution < -0.4 is 11.3 Å². The van der Waals surface area contributed by atoms with Gasteiger partial charge in [-0.2, -0.15) is 0 Å². The van der Waals surface area contributed by atoms with E-state index in [4.69, 9.17) is 29.0 Å². The molecule has 21 heavy (non-hydrogen) atoms. The number of nitrogens with one attached hydrogen (secondary N) is 1. The van der Waals surface area contributed by atoms with Crippen LogP contribution in [0.4, 0.5) is 0 Å². The third-order valence-corrected chi connectivity index (χ3v) is 3.85. The number of nitrogens with two attached hydrogens (primary N) is 1. The highest BCUT2D eigenvalue weighted by Crippen LogP contribution is 2.31. The lowest BCUT2D eigenvalue weighted by molar-refractivity contribution is 0.641. The van der Waals surface area contributed by atoms with Gasteiger partial charge in [-0.15, -0.1) is 0 Å². The fraction of sp³-hybridized carbons (Fsp3) is 0.0625. The molecule has 3 aromatic rings. The SMILES string of the molecule is NNC(c1cc(Cl)cc(Cl)c1)c1cccc2cnccc12. The highest BCUT2D eigenvalue weighted by molar-refractivity contribution is 6.34. The molecule has 1 heterocycles. The van der Waals surface area contributed by atoms with Crippen LogP contribution >= 0.6 is 23.2 Å². The Hall–Kier alpha value is -1.65. The van der Waals surface area contributed by atoms with Crippen molar-refractivity contribution in [3.8, 4) is 0 Å². The number of nitrogens with zero attached hydrogens (tertiary/aromatic N) is 1. The Morgan fingerprint density at radius 3 is 2.52 bits per heavy atom. The van der Waals surface area contributed by atoms with Crippen molar-refractivity contribution in [1.82, 2.24) is 10.4 Å². The molecule has 3 N–H and O–H groups in total. The Morgan fingerprint density at radius 1 is 1.05 bits per heavy atom. The predicted octanol–water partition coefficient (Wildman–Crippen LogP) is 4.09. The van der Waals surface area contributed by atoms with E-state index in [0.29, 0.717) is 10.0 Å². The maximum atomic E-state index is 6.09. The number of hydrazine groups is 1. The highest BCUT2D eigenvalue weighted by atomic mass is 35.5. The number of rotatable bonds is 3. The maximum Gasteiger partial charge on any atom is 0.0717 e. The minimum atomic E-state index is -0.202. The summed E-state index contributed by atoms with van der Waals surface area (Å²) in [6.45, 7) is 0. The van der Waals surface area contributed by atoms with Crippen LogP contribution in [0.2, 0.25) is 10.0 Å². The minimum absolute atomic E-state index is 0.202. The Kier molecular flexibility index (Phi) is 4.08. The molecule has 0 aliphatic carbocycles. The van der Waals surface area contributed by atoms with E-state index >= 15 is 0 Å². The molecule has 5 heteroatoms. The molecule has 3 rings (SSSR count). The first-order valence-electron chi connectivity index (χ1n) is 6.44. The van der Waals surface area contributed by atoms with Crippen LogP contribution in [0, 0.1) is 0 Å². The van der Waals surface area contributed by atoms with Gasteiger partial charge in [-0.1, -0.05) is 41.4 Å². The molecule has 2 aromatic carbocycles. The van der Waals surface area contributed by atoms with E-state index in [1.807, 2.05) is 42.6 Å². The monoisotopic (exact) mass is 317 g/mol. The van der Waals surface area contributed by atoms with Crippen molar-refractivity contribution in [2.45, 2.75) is 6.04 Å². The number of hydrogen-bond acceptors (Lipinski definition) is 3. The second-order valence-electron chi connectivity index (χ2n) is 4.75. The quantitative estimate of drug-likeness (QED) is 0.565. The van der Waals surface area contributed by atoms with Gasteiger partial charge in [0.05, 0.1) is 6.04 Å². The van der Waals surface area contributed by atoms with E-state index in [1.54, 1.807) is 12.3 Å². The van der Waals surface area contributed by atoms with Gasteiger partial charge in [0.2, 0.25) is 0 Å². The molecule has 0 aliphatic heterocycles. The first-order chi connectivity index (χ1) is 10.2. The van der Waals surface area contributed by atoms with Gasteiger partial charge in [0.15, 0.2) is 0 Å². The molecule has 0 radical (unpaired) electrons. The average Bonchev–Trinajstić information content (AvgIpc) is 2.47. The normalized spacial score (nSPS) is 12.5. The van der Waals surface area contributed by atoms with Crippen molar-refractivity contribution in [1.29, 1.82) is 0 Å². The van der Waals surface area contributed by atoms with Crippen LogP contribution in [0.25, 0.3) is 10.8 Å². The van der Waals surface area contributed by atoms with Gasteiger partial charge in [0.25, 0.3) is 0 Å². The Balaban J connectivity index is 2.18. The zero-order valence-corrected chi connectivity index (χ0v) is 12.6. The number of aromatic nitrogens is 1. The molecule has 0 bridgehead atoms. The van der Waals surface area contributed by atoms with Gasteiger partial charge in [-0.3, -0.25) is 10.8 Å². The first kappa shape index (κ1) is 14.3. The molecular weight excluding hydrogens is 305 g/mol. The molecule has 3 nitrogen and oxygen atoms in total. The van der Waals surface area contributed by atoms with Crippen molar-refractivity contribution in [3.05, 3.63) is 76.0 Å². The highest BCUT2D eigenvalue weighted by Gasteiger charge is 2.16. The number of pyridine rings is 1. The molecule has 1 unspecified atom stereocenters. The predicted molar refractivity (Wildman–Crippen MR) is 87.4 cm³/mol. The van der Waals surface area contributed by atoms with Crippen LogP contribution in [-0.2, 0) is 0 Å². The largest absolute Gasteiger partial charge is 0.271 e. The lowest BCUT2D eigenvalue weighted by Crippen LogP contribution is -2.29. The molecular formula is C16H13Cl2N3. The van der Waals surface area contributed by atoms with Crippen LogP contribution in [0.15, 0.2) is 54.9 Å². The maximum absolute atomic E-state index is 6.09. The first-order valence-corrected chi connectivity index (χ1v) is 7.19. The van der Waals surface area contributed by atoms with E-state index in [9.17, 15) is 0 Å². The zero-order chi connectivity index (χ0) is 14.8. The summed E-state index contributed by atoms with van der Waals surface area (Å²) in [5, 5.41) is 3.31. The molecule has 0 saturated carbocycles. The van der Waals surface area contributed by atoms with Crippen LogP contribution in [0.5, 0.6) is 0 Å². The molecule has 106 valence electrons. The molecule has 0 fully saturated rings. The van der Waals surface area contributed by atoms with Crippen LogP contribution in [-0.4, -0.2) is 4.98 Å². The van der Waals surface area contributed by atoms with Crippen LogP contribution in [0.3, 0.4) is 0 Å². The van der Waals surface area contributed by atoms with Crippen molar-refractivity contribution >= 4 is 34.0 Å². The third-order valence-electron chi connectivity index (χ3n) is 3.41. The fourth-order valence-electron chi connectivity index (χ4n) is 2.51. The summed E-state index contributed by atoms with van der Waals surface area (Å²) in [7, 11) is 0. The summed E-state index contributed by atoms with van der Waals surface area (Å²) < 4.78 is 0. The van der Waals surface area contributed by atoms with Crippen molar-refractivity contribution in [2.75, 3.05) is 0 Å². The minimum Gasteiger partial charge on any atom is -0.271 e. The molecule has 0 spiro atoms. The molecule has 1 atom stereocenters. The Morgan fingerprint density at radius 2 is 1.81 bits per heavy atom. The second kappa shape index (κ2) is 6.00. The second-order valence-corrected chi connectivity index (χ2v) is 5.62. The third kappa shape index (κ3) is 2.87. The summed E-state index contributed by atoms with van der Waals surface area (Å²) in [5.74, 6) is 5.78. The molecule has 0 amide bonds. The summed E-state index contributed by atoms with van der Waals surface area (Å²) in [5.41, 5.74) is 4.81. The lowest BCUT2D eigenvalue weighted by Gasteiger charge is -2.19. The van der Waals surface area contributed by atoms with Gasteiger partial charge in [-0.05, 0) is 40.8 Å². The Bertz CT molecular complexity index is 764. The Labute approximate surface area is 132 Å². The standard InChI is InChI=1S/C16H13Cl2N3/c17-12-6-11(7-13(18)8-12)16(21-19)15-3-1-2-10-9-20-5-4-14(10)15/h1-9,16,21H,19H2. The number of benzene rings is 2. The smallest absolute Gasteiger partial charge is 0.0717 e. The zero-order valence-electron chi connectivity index (χ0n) is 11.1. The van der Waals surface area contributed by atoms with Crippen molar-refractivity contribution in [3.63, 3.8) is 0 Å². The van der Waals surface area contributed by atoms with E-state index in [2.05, 4.69) is 10.4 Å². The number of hydrogen-bond donors (Lipinski definition) is 2. The summed E-state index contributed by atoms with van der Waals surface area (Å²) in [6, 6.07) is 13.2. The number of fused-ring (bicyclic) bond motifs is 1. The lowest BCUT2D eigenvalue weighted by atomic mass is 9.95. The van der Waals surface area contributed by atoms with Gasteiger partial charge in [0, 0.05) is 27.8 Å². The van der Waals surface area contributed by atoms with E-state index in [0.717, 1.165) is 21.9 Å². The van der Waals surface area contributed by atoms with Gasteiger partial charge in [0.1, 0.15) is 0 Å². The fourth-order valence-corrected chi connectivity index (χ4v) is 3.05.